The Balaban J connectivity index is 2.18. The van der Waals surface area contributed by atoms with Gasteiger partial charge >= 0.3 is 5.97 Å². The van der Waals surface area contributed by atoms with E-state index >= 15 is 0 Å². The van der Waals surface area contributed by atoms with Crippen LogP contribution in [0.4, 0.5) is 5.69 Å². The number of hydrogen-bond donors (Lipinski definition) is 3. The molecule has 4 nitrogen and oxygen atoms in total. The first-order chi connectivity index (χ1) is 8.02. The average molecular weight is 275 g/mol. The molecule has 92 valence electrons. The topological polar surface area (TPSA) is 61.4 Å². The summed E-state index contributed by atoms with van der Waals surface area (Å²) in [6.45, 7) is 1.20. The van der Waals surface area contributed by atoms with Gasteiger partial charge in [0.15, 0.2) is 0 Å². The van der Waals surface area contributed by atoms with Gasteiger partial charge in [-0.3, -0.25) is 4.79 Å². The highest BCUT2D eigenvalue weighted by Gasteiger charge is 2.39. The molecule has 1 aromatic carbocycles. The third kappa shape index (κ3) is 2.65. The molecule has 1 saturated heterocycles. The Kier molecular flexibility index (Phi) is 3.47. The Labute approximate surface area is 109 Å². The number of carboxylic acids is 1. The summed E-state index contributed by atoms with van der Waals surface area (Å²) in [5, 5.41) is 16.0. The number of aliphatic carboxylic acids is 1. The summed E-state index contributed by atoms with van der Waals surface area (Å²) in [5.74, 6) is -0.836. The molecule has 0 atom stereocenters. The Morgan fingerprint density at radius 1 is 1.47 bits per heavy atom. The van der Waals surface area contributed by atoms with Gasteiger partial charge in [-0.15, -0.1) is 0 Å². The van der Waals surface area contributed by atoms with Crippen molar-refractivity contribution in [3.63, 3.8) is 0 Å². The van der Waals surface area contributed by atoms with Crippen molar-refractivity contribution in [3.05, 3.63) is 28.2 Å². The third-order valence-electron chi connectivity index (χ3n) is 2.77. The predicted molar refractivity (Wildman–Crippen MR) is 67.9 cm³/mol. The van der Waals surface area contributed by atoms with E-state index in [9.17, 15) is 4.79 Å². The monoisotopic (exact) mass is 274 g/mol. The van der Waals surface area contributed by atoms with E-state index in [1.807, 2.05) is 0 Å². The summed E-state index contributed by atoms with van der Waals surface area (Å²) < 4.78 is 0. The van der Waals surface area contributed by atoms with E-state index in [1.54, 1.807) is 18.2 Å². The first kappa shape index (κ1) is 12.5. The Hall–Kier alpha value is -0.970. The maximum Gasteiger partial charge on any atom is 0.305 e. The standard InChI is InChI=1S/C11H12Cl2N2O2/c12-7-2-1-3-8(10(7)13)15-11(4-9(16)17)5-14-6-11/h1-3,14-15H,4-6H2,(H,16,17). The van der Waals surface area contributed by atoms with Crippen molar-refractivity contribution in [2.45, 2.75) is 12.0 Å². The number of anilines is 1. The van der Waals surface area contributed by atoms with Gasteiger partial charge in [-0.25, -0.2) is 0 Å². The molecule has 0 spiro atoms. The van der Waals surface area contributed by atoms with Gasteiger partial charge in [-0.1, -0.05) is 29.3 Å². The minimum absolute atomic E-state index is 0.0445. The van der Waals surface area contributed by atoms with Crippen LogP contribution in [0.5, 0.6) is 0 Å². The van der Waals surface area contributed by atoms with Crippen LogP contribution in [0.25, 0.3) is 0 Å². The number of hydrogen-bond acceptors (Lipinski definition) is 3. The molecular weight excluding hydrogens is 263 g/mol. The van der Waals surface area contributed by atoms with Crippen LogP contribution in [-0.2, 0) is 4.79 Å². The molecule has 6 heteroatoms. The van der Waals surface area contributed by atoms with E-state index in [2.05, 4.69) is 10.6 Å². The van der Waals surface area contributed by atoms with Crippen molar-refractivity contribution in [2.75, 3.05) is 18.4 Å². The lowest BCUT2D eigenvalue weighted by molar-refractivity contribution is -0.138. The van der Waals surface area contributed by atoms with Crippen LogP contribution in [0.2, 0.25) is 10.0 Å². The molecular formula is C11H12Cl2N2O2. The highest BCUT2D eigenvalue weighted by atomic mass is 35.5. The average Bonchev–Trinajstić information content (AvgIpc) is 2.21. The number of benzene rings is 1. The van der Waals surface area contributed by atoms with Gasteiger partial charge in [0, 0.05) is 13.1 Å². The lowest BCUT2D eigenvalue weighted by Gasteiger charge is -2.43. The molecule has 1 heterocycles. The zero-order chi connectivity index (χ0) is 12.5. The molecule has 0 unspecified atom stereocenters. The second kappa shape index (κ2) is 4.72. The molecule has 1 aromatic rings. The van der Waals surface area contributed by atoms with Crippen molar-refractivity contribution in [1.29, 1.82) is 0 Å². The smallest absolute Gasteiger partial charge is 0.305 e. The van der Waals surface area contributed by atoms with Gasteiger partial charge < -0.3 is 15.7 Å². The molecule has 0 saturated carbocycles. The third-order valence-corrected chi connectivity index (χ3v) is 3.59. The van der Waals surface area contributed by atoms with Crippen molar-refractivity contribution < 1.29 is 9.90 Å². The van der Waals surface area contributed by atoms with Crippen LogP contribution in [0.1, 0.15) is 6.42 Å². The molecule has 1 aliphatic rings. The van der Waals surface area contributed by atoms with E-state index in [1.165, 1.54) is 0 Å². The van der Waals surface area contributed by atoms with Gasteiger partial charge in [0.1, 0.15) is 0 Å². The normalized spacial score (nSPS) is 17.3. The molecule has 1 fully saturated rings. The van der Waals surface area contributed by atoms with Gasteiger partial charge in [0.25, 0.3) is 0 Å². The van der Waals surface area contributed by atoms with Gasteiger partial charge in [0.05, 0.1) is 27.7 Å². The first-order valence-corrected chi connectivity index (χ1v) is 5.93. The fraction of sp³-hybridized carbons (Fsp3) is 0.364. The van der Waals surface area contributed by atoms with Crippen LogP contribution >= 0.6 is 23.2 Å². The summed E-state index contributed by atoms with van der Waals surface area (Å²) in [5.41, 5.74) is 0.196. The second-order valence-corrected chi connectivity index (χ2v) is 4.97. The summed E-state index contributed by atoms with van der Waals surface area (Å²) in [7, 11) is 0. The molecule has 0 bridgehead atoms. The van der Waals surface area contributed by atoms with Crippen LogP contribution in [0.15, 0.2) is 18.2 Å². The summed E-state index contributed by atoms with van der Waals surface area (Å²) >= 11 is 12.0. The number of carbonyl (C=O) groups is 1. The second-order valence-electron chi connectivity index (χ2n) is 4.18. The fourth-order valence-electron chi connectivity index (χ4n) is 1.86. The van der Waals surface area contributed by atoms with Gasteiger partial charge in [-0.2, -0.15) is 0 Å². The van der Waals surface area contributed by atoms with Crippen LogP contribution in [0, 0.1) is 0 Å². The molecule has 0 amide bonds. The van der Waals surface area contributed by atoms with E-state index in [0.29, 0.717) is 28.8 Å². The van der Waals surface area contributed by atoms with Crippen molar-refractivity contribution in [2.24, 2.45) is 0 Å². The zero-order valence-corrected chi connectivity index (χ0v) is 10.5. The molecule has 0 aromatic heterocycles. The first-order valence-electron chi connectivity index (χ1n) is 5.17. The zero-order valence-electron chi connectivity index (χ0n) is 8.96. The van der Waals surface area contributed by atoms with Crippen LogP contribution in [0.3, 0.4) is 0 Å². The number of rotatable bonds is 4. The lowest BCUT2D eigenvalue weighted by Crippen LogP contribution is -2.65. The van der Waals surface area contributed by atoms with E-state index in [0.717, 1.165) is 0 Å². The SMILES string of the molecule is O=C(O)CC1(Nc2cccc(Cl)c2Cl)CNC1. The number of halogens is 2. The predicted octanol–water partition coefficient (Wildman–Crippen LogP) is 2.22. The molecule has 0 aliphatic carbocycles. The lowest BCUT2D eigenvalue weighted by atomic mass is 9.88. The van der Waals surface area contributed by atoms with Gasteiger partial charge in [0.2, 0.25) is 0 Å². The van der Waals surface area contributed by atoms with E-state index in [-0.39, 0.29) is 6.42 Å². The largest absolute Gasteiger partial charge is 0.481 e. The highest BCUT2D eigenvalue weighted by molar-refractivity contribution is 6.43. The number of nitrogens with one attached hydrogen (secondary N) is 2. The Morgan fingerprint density at radius 2 is 2.18 bits per heavy atom. The minimum Gasteiger partial charge on any atom is -0.481 e. The van der Waals surface area contributed by atoms with Crippen molar-refractivity contribution >= 4 is 34.9 Å². The Morgan fingerprint density at radius 3 is 2.71 bits per heavy atom. The molecule has 1 aliphatic heterocycles. The van der Waals surface area contributed by atoms with Crippen molar-refractivity contribution in [1.82, 2.24) is 5.32 Å². The maximum absolute atomic E-state index is 10.8. The molecule has 17 heavy (non-hydrogen) atoms. The molecule has 0 radical (unpaired) electrons. The Bertz CT molecular complexity index is 447. The van der Waals surface area contributed by atoms with E-state index in [4.69, 9.17) is 28.3 Å². The summed E-state index contributed by atoms with van der Waals surface area (Å²) in [6.07, 6.45) is 0.0445. The number of carboxylic acid groups (broad SMARTS) is 1. The minimum atomic E-state index is -0.836. The van der Waals surface area contributed by atoms with Gasteiger partial charge in [-0.05, 0) is 12.1 Å². The van der Waals surface area contributed by atoms with Crippen molar-refractivity contribution in [3.8, 4) is 0 Å². The maximum atomic E-state index is 10.8. The summed E-state index contributed by atoms with van der Waals surface area (Å²) in [6, 6.07) is 5.26. The molecule has 3 N–H and O–H groups in total. The molecule has 2 rings (SSSR count). The highest BCUT2D eigenvalue weighted by Crippen LogP contribution is 2.33. The summed E-state index contributed by atoms with van der Waals surface area (Å²) in [4.78, 5) is 10.8. The van der Waals surface area contributed by atoms with E-state index < -0.39 is 11.5 Å². The van der Waals surface area contributed by atoms with Crippen LogP contribution < -0.4 is 10.6 Å². The fourth-order valence-corrected chi connectivity index (χ4v) is 2.21. The van der Waals surface area contributed by atoms with Crippen LogP contribution in [-0.4, -0.2) is 29.7 Å². The quantitative estimate of drug-likeness (QED) is 0.788.